The third-order valence-electron chi connectivity index (χ3n) is 6.50. The molecule has 0 saturated carbocycles. The molecule has 0 aliphatic rings. The standard InChI is InChI=1S/C22H15F3O4.C10H10O4/c23-22(24,25)21(16-4-2-1-3-5-16,17-10-6-14(7-11-17)19(26)27)18-12-8-15(9-13-18)20(28)29;11-9(12)5-7-1-2-8(4-3-7)6-10(13)14/h1-13H,(H,26,27)(H,28,29);1-4H,5-6H2,(H,11,12)(H,13,14). The van der Waals surface area contributed by atoms with Gasteiger partial charge in [-0.15, -0.1) is 0 Å². The second kappa shape index (κ2) is 13.5. The van der Waals surface area contributed by atoms with Crippen LogP contribution in [0.15, 0.2) is 103 Å². The van der Waals surface area contributed by atoms with E-state index in [-0.39, 0.29) is 40.7 Å². The summed E-state index contributed by atoms with van der Waals surface area (Å²) in [5.74, 6) is -4.29. The Morgan fingerprint density at radius 1 is 0.488 bits per heavy atom. The summed E-state index contributed by atoms with van der Waals surface area (Å²) in [4.78, 5) is 42.9. The number of halogens is 3. The monoisotopic (exact) mass is 594 g/mol. The Morgan fingerprint density at radius 2 is 0.814 bits per heavy atom. The Morgan fingerprint density at radius 3 is 1.09 bits per heavy atom. The second-order valence-electron chi connectivity index (χ2n) is 9.34. The molecule has 0 saturated heterocycles. The fraction of sp³-hybridized carbons (Fsp3) is 0.125. The fourth-order valence-electron chi connectivity index (χ4n) is 4.53. The number of aliphatic carboxylic acids is 2. The minimum atomic E-state index is -4.80. The molecule has 4 rings (SSSR count). The van der Waals surface area contributed by atoms with Crippen LogP contribution in [0.2, 0.25) is 0 Å². The molecule has 0 amide bonds. The van der Waals surface area contributed by atoms with Gasteiger partial charge in [-0.05, 0) is 52.1 Å². The number of hydrogen-bond acceptors (Lipinski definition) is 4. The average Bonchev–Trinajstić information content (AvgIpc) is 2.95. The molecule has 0 radical (unpaired) electrons. The molecule has 0 aromatic heterocycles. The van der Waals surface area contributed by atoms with E-state index in [1.54, 1.807) is 30.3 Å². The van der Waals surface area contributed by atoms with Crippen LogP contribution in [0.4, 0.5) is 13.2 Å². The first-order valence-corrected chi connectivity index (χ1v) is 12.6. The maximum atomic E-state index is 14.7. The van der Waals surface area contributed by atoms with Crippen molar-refractivity contribution in [1.29, 1.82) is 0 Å². The van der Waals surface area contributed by atoms with Gasteiger partial charge in [-0.3, -0.25) is 9.59 Å². The number of alkyl halides is 3. The molecule has 0 fully saturated rings. The van der Waals surface area contributed by atoms with Gasteiger partial charge in [0.15, 0.2) is 0 Å². The third kappa shape index (κ3) is 7.64. The molecule has 8 nitrogen and oxygen atoms in total. The molecule has 43 heavy (non-hydrogen) atoms. The minimum absolute atomic E-state index is 0.0344. The van der Waals surface area contributed by atoms with Crippen LogP contribution in [0, 0.1) is 0 Å². The van der Waals surface area contributed by atoms with Crippen molar-refractivity contribution in [2.75, 3.05) is 0 Å². The lowest BCUT2D eigenvalue weighted by atomic mass is 9.68. The SMILES string of the molecule is O=C(O)Cc1ccc(CC(=O)O)cc1.O=C(O)c1ccc(C(c2ccccc2)(c2ccc(C(=O)O)cc2)C(F)(F)F)cc1. The van der Waals surface area contributed by atoms with Gasteiger partial charge in [0, 0.05) is 0 Å². The Kier molecular flexibility index (Phi) is 10.0. The van der Waals surface area contributed by atoms with Crippen molar-refractivity contribution in [3.8, 4) is 0 Å². The molecule has 0 heterocycles. The van der Waals surface area contributed by atoms with Gasteiger partial charge in [0.25, 0.3) is 0 Å². The molecule has 0 aliphatic heterocycles. The molecule has 0 aliphatic carbocycles. The third-order valence-corrected chi connectivity index (χ3v) is 6.50. The van der Waals surface area contributed by atoms with Crippen molar-refractivity contribution < 1.29 is 52.8 Å². The van der Waals surface area contributed by atoms with Gasteiger partial charge < -0.3 is 20.4 Å². The molecule has 0 unspecified atom stereocenters. The lowest BCUT2D eigenvalue weighted by Gasteiger charge is -2.37. The number of benzene rings is 4. The van der Waals surface area contributed by atoms with Crippen molar-refractivity contribution in [3.63, 3.8) is 0 Å². The van der Waals surface area contributed by atoms with E-state index < -0.39 is 35.5 Å². The summed E-state index contributed by atoms with van der Waals surface area (Å²) < 4.78 is 44.2. The van der Waals surface area contributed by atoms with E-state index in [1.807, 2.05) is 0 Å². The van der Waals surface area contributed by atoms with Gasteiger partial charge in [-0.25, -0.2) is 9.59 Å². The summed E-state index contributed by atoms with van der Waals surface area (Å²) in [6, 6.07) is 22.8. The highest BCUT2D eigenvalue weighted by Gasteiger charge is 2.58. The molecular formula is C32H25F3O8. The summed E-state index contributed by atoms with van der Waals surface area (Å²) >= 11 is 0. The topological polar surface area (TPSA) is 149 Å². The highest BCUT2D eigenvalue weighted by atomic mass is 19.4. The lowest BCUT2D eigenvalue weighted by Crippen LogP contribution is -2.44. The number of carboxylic acids is 4. The van der Waals surface area contributed by atoms with Crippen LogP contribution in [0.25, 0.3) is 0 Å². The predicted octanol–water partition coefficient (Wildman–Crippen LogP) is 5.92. The molecule has 222 valence electrons. The number of hydrogen-bond donors (Lipinski definition) is 4. The van der Waals surface area contributed by atoms with E-state index in [0.717, 1.165) is 48.5 Å². The molecule has 4 aromatic rings. The highest BCUT2D eigenvalue weighted by molar-refractivity contribution is 5.88. The van der Waals surface area contributed by atoms with Crippen LogP contribution in [-0.2, 0) is 27.8 Å². The first-order chi connectivity index (χ1) is 20.2. The molecule has 11 heteroatoms. The van der Waals surface area contributed by atoms with Gasteiger partial charge in [0.1, 0.15) is 5.41 Å². The molecule has 0 atom stereocenters. The Hall–Kier alpha value is -5.45. The maximum Gasteiger partial charge on any atom is 0.406 e. The van der Waals surface area contributed by atoms with E-state index in [1.165, 1.54) is 24.3 Å². The van der Waals surface area contributed by atoms with Crippen LogP contribution in [0.5, 0.6) is 0 Å². The van der Waals surface area contributed by atoms with Crippen molar-refractivity contribution in [2.24, 2.45) is 0 Å². The summed E-state index contributed by atoms with van der Waals surface area (Å²) in [6.07, 6.45) is -4.87. The Bertz CT molecular complexity index is 1490. The molecule has 0 spiro atoms. The van der Waals surface area contributed by atoms with Gasteiger partial charge in [-0.1, -0.05) is 78.9 Å². The van der Waals surface area contributed by atoms with Gasteiger partial charge in [-0.2, -0.15) is 13.2 Å². The summed E-state index contributed by atoms with van der Waals surface area (Å²) in [5.41, 5.74) is -1.97. The number of carbonyl (C=O) groups is 4. The van der Waals surface area contributed by atoms with Crippen LogP contribution < -0.4 is 0 Å². The van der Waals surface area contributed by atoms with E-state index in [2.05, 4.69) is 0 Å². The highest BCUT2D eigenvalue weighted by Crippen LogP contribution is 2.51. The quantitative estimate of drug-likeness (QED) is 0.175. The summed E-state index contributed by atoms with van der Waals surface area (Å²) in [6.45, 7) is 0. The van der Waals surface area contributed by atoms with Gasteiger partial charge >= 0.3 is 30.1 Å². The Balaban J connectivity index is 0.000000303. The van der Waals surface area contributed by atoms with Crippen LogP contribution in [-0.4, -0.2) is 50.5 Å². The first-order valence-electron chi connectivity index (χ1n) is 12.6. The fourth-order valence-corrected chi connectivity index (χ4v) is 4.53. The normalized spacial score (nSPS) is 11.1. The maximum absolute atomic E-state index is 14.7. The van der Waals surface area contributed by atoms with Crippen molar-refractivity contribution >= 4 is 23.9 Å². The van der Waals surface area contributed by atoms with Gasteiger partial charge in [0.2, 0.25) is 0 Å². The molecule has 4 aromatic carbocycles. The van der Waals surface area contributed by atoms with E-state index in [4.69, 9.17) is 20.4 Å². The van der Waals surface area contributed by atoms with E-state index in [0.29, 0.717) is 11.1 Å². The second-order valence-corrected chi connectivity index (χ2v) is 9.34. The zero-order valence-corrected chi connectivity index (χ0v) is 22.3. The van der Waals surface area contributed by atoms with Gasteiger partial charge in [0.05, 0.1) is 24.0 Å². The number of rotatable bonds is 9. The van der Waals surface area contributed by atoms with Crippen molar-refractivity contribution in [2.45, 2.75) is 24.4 Å². The van der Waals surface area contributed by atoms with Crippen LogP contribution >= 0.6 is 0 Å². The van der Waals surface area contributed by atoms with Crippen LogP contribution in [0.1, 0.15) is 48.5 Å². The number of carboxylic acid groups (broad SMARTS) is 4. The zero-order valence-electron chi connectivity index (χ0n) is 22.3. The smallest absolute Gasteiger partial charge is 0.406 e. The lowest BCUT2D eigenvalue weighted by molar-refractivity contribution is -0.166. The summed E-state index contributed by atoms with van der Waals surface area (Å²) in [5, 5.41) is 35.1. The van der Waals surface area contributed by atoms with E-state index >= 15 is 0 Å². The largest absolute Gasteiger partial charge is 0.481 e. The molecule has 4 N–H and O–H groups in total. The van der Waals surface area contributed by atoms with E-state index in [9.17, 15) is 32.3 Å². The first kappa shape index (κ1) is 32.1. The van der Waals surface area contributed by atoms with Crippen molar-refractivity contribution in [1.82, 2.24) is 0 Å². The number of aromatic carboxylic acids is 2. The Labute approximate surface area is 243 Å². The minimum Gasteiger partial charge on any atom is -0.481 e. The summed E-state index contributed by atoms with van der Waals surface area (Å²) in [7, 11) is 0. The predicted molar refractivity (Wildman–Crippen MR) is 148 cm³/mol. The van der Waals surface area contributed by atoms with Crippen LogP contribution in [0.3, 0.4) is 0 Å². The molecular weight excluding hydrogens is 569 g/mol. The molecule has 0 bridgehead atoms. The zero-order chi connectivity index (χ0) is 31.8. The average molecular weight is 595 g/mol. The van der Waals surface area contributed by atoms with Crippen molar-refractivity contribution in [3.05, 3.63) is 142 Å².